The van der Waals surface area contributed by atoms with E-state index in [1.54, 1.807) is 0 Å². The Bertz CT molecular complexity index is 159. The van der Waals surface area contributed by atoms with Crippen LogP contribution in [0.1, 0.15) is 46.0 Å². The zero-order valence-corrected chi connectivity index (χ0v) is 8.58. The van der Waals surface area contributed by atoms with Crippen molar-refractivity contribution in [3.8, 4) is 0 Å². The molecule has 0 fully saturated rings. The predicted molar refractivity (Wildman–Crippen MR) is 52.1 cm³/mol. The van der Waals surface area contributed by atoms with Crippen molar-refractivity contribution in [2.24, 2.45) is 5.92 Å². The first-order valence-electron chi connectivity index (χ1n) is 4.99. The van der Waals surface area contributed by atoms with E-state index in [-0.39, 0.29) is 6.42 Å². The van der Waals surface area contributed by atoms with E-state index in [0.29, 0.717) is 5.92 Å². The predicted octanol–water partition coefficient (Wildman–Crippen LogP) is 1.90. The Kier molecular flexibility index (Phi) is 7.36. The summed E-state index contributed by atoms with van der Waals surface area (Å²) in [6, 6.07) is 0. The van der Waals surface area contributed by atoms with Crippen LogP contribution in [0, 0.1) is 5.92 Å². The van der Waals surface area contributed by atoms with Gasteiger partial charge in [-0.15, -0.1) is 0 Å². The second-order valence-electron chi connectivity index (χ2n) is 3.64. The van der Waals surface area contributed by atoms with Crippen molar-refractivity contribution in [2.45, 2.75) is 46.0 Å². The minimum absolute atomic E-state index is 0.202. The van der Waals surface area contributed by atoms with Gasteiger partial charge in [0.2, 0.25) is 0 Å². The second-order valence-corrected chi connectivity index (χ2v) is 3.64. The van der Waals surface area contributed by atoms with E-state index in [1.165, 1.54) is 0 Å². The number of hydrogen-bond donors (Lipinski definition) is 0. The number of carboxylic acids is 1. The van der Waals surface area contributed by atoms with E-state index in [0.717, 1.165) is 25.7 Å². The van der Waals surface area contributed by atoms with Gasteiger partial charge in [-0.25, -0.2) is 0 Å². The molecule has 0 saturated heterocycles. The molecule has 0 atom stereocenters. The number of rotatable bonds is 7. The molecule has 0 unspecified atom stereocenters. The third kappa shape index (κ3) is 11.2. The van der Waals surface area contributed by atoms with Gasteiger partial charge in [0.1, 0.15) is 0 Å². The molecular formula is C11H19O2-. The molecule has 0 bridgehead atoms. The minimum atomic E-state index is -0.933. The summed E-state index contributed by atoms with van der Waals surface area (Å²) in [6.07, 6.45) is 8.42. The third-order valence-corrected chi connectivity index (χ3v) is 1.77. The van der Waals surface area contributed by atoms with Crippen molar-refractivity contribution in [3.63, 3.8) is 0 Å². The van der Waals surface area contributed by atoms with Crippen LogP contribution in [-0.4, -0.2) is 5.97 Å². The molecule has 0 radical (unpaired) electrons. The normalized spacial score (nSPS) is 11.3. The lowest BCUT2D eigenvalue weighted by Gasteiger charge is -2.00. The molecular weight excluding hydrogens is 164 g/mol. The smallest absolute Gasteiger partial charge is 0.0414 e. The minimum Gasteiger partial charge on any atom is -0.550 e. The quantitative estimate of drug-likeness (QED) is 0.446. The molecule has 0 spiro atoms. The highest BCUT2D eigenvalue weighted by atomic mass is 16.4. The van der Waals surface area contributed by atoms with Gasteiger partial charge in [0.05, 0.1) is 0 Å². The van der Waals surface area contributed by atoms with E-state index in [2.05, 4.69) is 26.0 Å². The SMILES string of the molecule is CC(C)/C=C/CCCCCC(=O)[O-]. The lowest BCUT2D eigenvalue weighted by Crippen LogP contribution is -2.21. The molecule has 76 valence electrons. The number of aliphatic carboxylic acids is 1. The summed E-state index contributed by atoms with van der Waals surface area (Å²) >= 11 is 0. The highest BCUT2D eigenvalue weighted by molar-refractivity contribution is 5.63. The van der Waals surface area contributed by atoms with Gasteiger partial charge in [-0.3, -0.25) is 0 Å². The highest BCUT2D eigenvalue weighted by Crippen LogP contribution is 2.04. The molecule has 0 rings (SSSR count). The van der Waals surface area contributed by atoms with Crippen molar-refractivity contribution in [1.29, 1.82) is 0 Å². The van der Waals surface area contributed by atoms with Crippen LogP contribution >= 0.6 is 0 Å². The molecule has 0 N–H and O–H groups in total. The highest BCUT2D eigenvalue weighted by Gasteiger charge is 1.89. The maximum absolute atomic E-state index is 10.1. The maximum atomic E-state index is 10.1. The van der Waals surface area contributed by atoms with Crippen molar-refractivity contribution in [3.05, 3.63) is 12.2 Å². The Morgan fingerprint density at radius 1 is 1.31 bits per heavy atom. The van der Waals surface area contributed by atoms with Crippen molar-refractivity contribution >= 4 is 5.97 Å². The van der Waals surface area contributed by atoms with E-state index in [4.69, 9.17) is 0 Å². The van der Waals surface area contributed by atoms with Gasteiger partial charge >= 0.3 is 0 Å². The van der Waals surface area contributed by atoms with Crippen LogP contribution in [0.4, 0.5) is 0 Å². The summed E-state index contributed by atoms with van der Waals surface area (Å²) in [5, 5.41) is 10.1. The van der Waals surface area contributed by atoms with Gasteiger partial charge in [0.15, 0.2) is 0 Å². The summed E-state index contributed by atoms with van der Waals surface area (Å²) in [5.41, 5.74) is 0. The maximum Gasteiger partial charge on any atom is 0.0414 e. The third-order valence-electron chi connectivity index (χ3n) is 1.77. The van der Waals surface area contributed by atoms with Crippen LogP contribution in [-0.2, 0) is 4.79 Å². The molecule has 0 amide bonds. The molecule has 2 nitrogen and oxygen atoms in total. The zero-order chi connectivity index (χ0) is 10.1. The van der Waals surface area contributed by atoms with Gasteiger partial charge < -0.3 is 9.90 Å². The van der Waals surface area contributed by atoms with E-state index >= 15 is 0 Å². The Hall–Kier alpha value is -0.790. The van der Waals surface area contributed by atoms with Crippen molar-refractivity contribution < 1.29 is 9.90 Å². The Balaban J connectivity index is 3.12. The Morgan fingerprint density at radius 3 is 2.54 bits per heavy atom. The van der Waals surface area contributed by atoms with Gasteiger partial charge in [-0.05, 0) is 31.6 Å². The van der Waals surface area contributed by atoms with E-state index in [9.17, 15) is 9.90 Å². The van der Waals surface area contributed by atoms with Gasteiger partial charge in [-0.1, -0.05) is 32.4 Å². The Morgan fingerprint density at radius 2 is 2.00 bits per heavy atom. The lowest BCUT2D eigenvalue weighted by molar-refractivity contribution is -0.305. The molecule has 0 aliphatic rings. The summed E-state index contributed by atoms with van der Waals surface area (Å²) in [7, 11) is 0. The second kappa shape index (κ2) is 7.84. The average molecular weight is 183 g/mol. The van der Waals surface area contributed by atoms with Crippen LogP contribution in [0.5, 0.6) is 0 Å². The lowest BCUT2D eigenvalue weighted by atomic mass is 10.1. The topological polar surface area (TPSA) is 40.1 Å². The van der Waals surface area contributed by atoms with Crippen molar-refractivity contribution in [2.75, 3.05) is 0 Å². The number of carbonyl (C=O) groups excluding carboxylic acids is 1. The molecule has 0 aromatic rings. The number of unbranched alkanes of at least 4 members (excludes halogenated alkanes) is 3. The number of carbonyl (C=O) groups is 1. The monoisotopic (exact) mass is 183 g/mol. The molecule has 13 heavy (non-hydrogen) atoms. The summed E-state index contributed by atoms with van der Waals surface area (Å²) in [4.78, 5) is 10.1. The summed E-state index contributed by atoms with van der Waals surface area (Å²) in [6.45, 7) is 4.29. The van der Waals surface area contributed by atoms with Gasteiger partial charge in [-0.2, -0.15) is 0 Å². The standard InChI is InChI=1S/C11H20O2/c1-10(2)8-6-4-3-5-7-9-11(12)13/h6,8,10H,3-5,7,9H2,1-2H3,(H,12,13)/p-1/b8-6+. The largest absolute Gasteiger partial charge is 0.550 e. The van der Waals surface area contributed by atoms with Crippen LogP contribution in [0.3, 0.4) is 0 Å². The first kappa shape index (κ1) is 12.2. The number of carboxylic acid groups (broad SMARTS) is 1. The molecule has 2 heteroatoms. The summed E-state index contributed by atoms with van der Waals surface area (Å²) in [5.74, 6) is -0.319. The van der Waals surface area contributed by atoms with Crippen molar-refractivity contribution in [1.82, 2.24) is 0 Å². The van der Waals surface area contributed by atoms with Crippen LogP contribution in [0.25, 0.3) is 0 Å². The molecule has 0 aliphatic carbocycles. The number of hydrogen-bond acceptors (Lipinski definition) is 2. The fourth-order valence-electron chi connectivity index (χ4n) is 1.08. The molecule has 0 aromatic heterocycles. The summed E-state index contributed by atoms with van der Waals surface area (Å²) < 4.78 is 0. The molecule has 0 heterocycles. The van der Waals surface area contributed by atoms with E-state index in [1.807, 2.05) is 0 Å². The Labute approximate surface area is 80.7 Å². The zero-order valence-electron chi connectivity index (χ0n) is 8.58. The van der Waals surface area contributed by atoms with E-state index < -0.39 is 5.97 Å². The van der Waals surface area contributed by atoms with Gasteiger partial charge in [0.25, 0.3) is 0 Å². The molecule has 0 aromatic carbocycles. The first-order chi connectivity index (χ1) is 6.13. The first-order valence-corrected chi connectivity index (χ1v) is 4.99. The fourth-order valence-corrected chi connectivity index (χ4v) is 1.08. The average Bonchev–Trinajstić information content (AvgIpc) is 2.01. The van der Waals surface area contributed by atoms with Crippen LogP contribution < -0.4 is 5.11 Å². The van der Waals surface area contributed by atoms with Gasteiger partial charge in [0, 0.05) is 5.97 Å². The van der Waals surface area contributed by atoms with Crippen LogP contribution in [0.2, 0.25) is 0 Å². The fraction of sp³-hybridized carbons (Fsp3) is 0.727. The van der Waals surface area contributed by atoms with Crippen LogP contribution in [0.15, 0.2) is 12.2 Å². The molecule has 0 aliphatic heterocycles. The number of allylic oxidation sites excluding steroid dienone is 2. The molecule has 0 saturated carbocycles.